The van der Waals surface area contributed by atoms with Gasteiger partial charge in [0.25, 0.3) is 5.56 Å². The van der Waals surface area contributed by atoms with Gasteiger partial charge in [-0.15, -0.1) is 0 Å². The van der Waals surface area contributed by atoms with E-state index >= 15 is 0 Å². The van der Waals surface area contributed by atoms with Crippen LogP contribution in [0.15, 0.2) is 58.1 Å². The number of phenols is 1. The molecule has 7 nitrogen and oxygen atoms in total. The number of hydrogen-bond donors (Lipinski definition) is 2. The molecule has 0 aliphatic heterocycles. The predicted molar refractivity (Wildman–Crippen MR) is 133 cm³/mol. The average Bonchev–Trinajstić information content (AvgIpc) is 2.81. The average molecular weight is 480 g/mol. The van der Waals surface area contributed by atoms with Crippen molar-refractivity contribution in [1.82, 2.24) is 9.13 Å². The van der Waals surface area contributed by atoms with Crippen molar-refractivity contribution in [1.29, 1.82) is 0 Å². The molecule has 0 atom stereocenters. The maximum absolute atomic E-state index is 12.6. The van der Waals surface area contributed by atoms with E-state index in [0.717, 1.165) is 14.7 Å². The first-order valence-corrected chi connectivity index (χ1v) is 11.2. The Hall–Kier alpha value is -3.76. The van der Waals surface area contributed by atoms with Crippen LogP contribution in [-0.4, -0.2) is 20.1 Å². The molecule has 2 aromatic carbocycles. The fourth-order valence-electron chi connectivity index (χ4n) is 3.32. The monoisotopic (exact) mass is 479 g/mol. The number of carbonyl (C=O) groups is 1. The molecular weight excluding hydrogens is 454 g/mol. The van der Waals surface area contributed by atoms with Gasteiger partial charge in [-0.2, -0.15) is 0 Å². The molecule has 2 N–H and O–H groups in total. The molecule has 0 fully saturated rings. The van der Waals surface area contributed by atoms with Crippen LogP contribution in [0.4, 0.5) is 5.69 Å². The number of anilines is 1. The molecule has 1 aromatic heterocycles. The van der Waals surface area contributed by atoms with E-state index in [1.165, 1.54) is 24.7 Å². The van der Waals surface area contributed by atoms with E-state index in [0.29, 0.717) is 17.9 Å². The number of nitrogens with one attached hydrogen (secondary N) is 1. The smallest absolute Gasteiger partial charge is 0.332 e. The van der Waals surface area contributed by atoms with Crippen LogP contribution in [0.2, 0.25) is 5.15 Å². The van der Waals surface area contributed by atoms with Crippen LogP contribution in [0.1, 0.15) is 42.9 Å². The van der Waals surface area contributed by atoms with E-state index in [9.17, 15) is 19.5 Å². The highest BCUT2D eigenvalue weighted by atomic mass is 35.5. The Labute approximate surface area is 202 Å². The lowest BCUT2D eigenvalue weighted by Gasteiger charge is -2.13. The molecule has 0 bridgehead atoms. The van der Waals surface area contributed by atoms with Crippen molar-refractivity contribution in [2.24, 2.45) is 7.05 Å². The van der Waals surface area contributed by atoms with Crippen molar-refractivity contribution in [2.75, 3.05) is 5.32 Å². The summed E-state index contributed by atoms with van der Waals surface area (Å²) in [6, 6.07) is 14.4. The number of amides is 1. The molecule has 3 aromatic rings. The minimum Gasteiger partial charge on any atom is -0.508 e. The third-order valence-electron chi connectivity index (χ3n) is 5.35. The van der Waals surface area contributed by atoms with Crippen LogP contribution in [0.5, 0.6) is 5.75 Å². The van der Waals surface area contributed by atoms with Crippen molar-refractivity contribution >= 4 is 23.2 Å². The summed E-state index contributed by atoms with van der Waals surface area (Å²) in [5.74, 6) is 5.75. The Bertz CT molecular complexity index is 1380. The third kappa shape index (κ3) is 5.97. The Morgan fingerprint density at radius 3 is 2.50 bits per heavy atom. The van der Waals surface area contributed by atoms with Gasteiger partial charge in [0, 0.05) is 19.0 Å². The fraction of sp³-hybridized carbons (Fsp3) is 0.269. The molecular formula is C26H26ClN3O4. The molecule has 0 aliphatic rings. The normalized spacial score (nSPS) is 10.6. The lowest BCUT2D eigenvalue weighted by atomic mass is 10.0. The van der Waals surface area contributed by atoms with E-state index < -0.39 is 11.2 Å². The molecule has 0 saturated heterocycles. The van der Waals surface area contributed by atoms with Gasteiger partial charge < -0.3 is 10.4 Å². The summed E-state index contributed by atoms with van der Waals surface area (Å²) in [5, 5.41) is 11.9. The first kappa shape index (κ1) is 24.9. The standard InChI is InChI=1S/C26H26ClN3O4/c1-17(2)20-12-9-18(10-13-20)11-14-22(32)28-23-24(27)30(26(34)29(3)25(23)33)15-5-7-19-6-4-8-21(31)16-19/h4,6,8-10,12-13,16-17,31H,11,14-15H2,1-3H3,(H,28,32). The Kier molecular flexibility index (Phi) is 7.98. The number of benzene rings is 2. The molecule has 0 saturated carbocycles. The molecule has 34 heavy (non-hydrogen) atoms. The van der Waals surface area contributed by atoms with Gasteiger partial charge in [0.2, 0.25) is 5.91 Å². The maximum atomic E-state index is 12.6. The number of hydrogen-bond acceptors (Lipinski definition) is 4. The van der Waals surface area contributed by atoms with E-state index in [1.54, 1.807) is 12.1 Å². The number of carbonyl (C=O) groups excluding carboxylic acids is 1. The van der Waals surface area contributed by atoms with E-state index in [1.807, 2.05) is 24.3 Å². The van der Waals surface area contributed by atoms with Crippen LogP contribution in [0.3, 0.4) is 0 Å². The number of rotatable bonds is 6. The van der Waals surface area contributed by atoms with Gasteiger partial charge in [-0.05, 0) is 41.7 Å². The summed E-state index contributed by atoms with van der Waals surface area (Å²) < 4.78 is 1.99. The van der Waals surface area contributed by atoms with Crippen LogP contribution in [-0.2, 0) is 24.8 Å². The lowest BCUT2D eigenvalue weighted by Crippen LogP contribution is -2.40. The number of halogens is 1. The minimum absolute atomic E-state index is 0.0740. The number of aromatic nitrogens is 2. The minimum atomic E-state index is -0.693. The molecule has 0 unspecified atom stereocenters. The summed E-state index contributed by atoms with van der Waals surface area (Å²) in [5.41, 5.74) is 1.28. The molecule has 1 amide bonds. The highest BCUT2D eigenvalue weighted by molar-refractivity contribution is 6.32. The van der Waals surface area contributed by atoms with Crippen molar-refractivity contribution in [3.05, 3.63) is 91.2 Å². The summed E-state index contributed by atoms with van der Waals surface area (Å²) in [7, 11) is 1.31. The highest BCUT2D eigenvalue weighted by Crippen LogP contribution is 2.18. The van der Waals surface area contributed by atoms with Crippen LogP contribution < -0.4 is 16.6 Å². The van der Waals surface area contributed by atoms with Gasteiger partial charge in [-0.1, -0.05) is 67.6 Å². The first-order chi connectivity index (χ1) is 16.2. The molecule has 3 rings (SSSR count). The van der Waals surface area contributed by atoms with E-state index in [-0.39, 0.29) is 35.5 Å². The third-order valence-corrected chi connectivity index (χ3v) is 5.74. The fourth-order valence-corrected chi connectivity index (χ4v) is 3.58. The highest BCUT2D eigenvalue weighted by Gasteiger charge is 2.18. The van der Waals surface area contributed by atoms with Crippen LogP contribution in [0, 0.1) is 11.8 Å². The maximum Gasteiger partial charge on any atom is 0.332 e. The molecule has 176 valence electrons. The summed E-state index contributed by atoms with van der Waals surface area (Å²) in [6.45, 7) is 4.13. The predicted octanol–water partition coefficient (Wildman–Crippen LogP) is 3.65. The SMILES string of the molecule is CC(C)c1ccc(CCC(=O)Nc2c(Cl)n(CC#Cc3cccc(O)c3)c(=O)n(C)c2=O)cc1. The van der Waals surface area contributed by atoms with Crippen molar-refractivity contribution in [3.63, 3.8) is 0 Å². The summed E-state index contributed by atoms with van der Waals surface area (Å²) in [6.07, 6.45) is 0.647. The molecule has 1 heterocycles. The van der Waals surface area contributed by atoms with Gasteiger partial charge in [0.15, 0.2) is 0 Å². The second-order valence-electron chi connectivity index (χ2n) is 8.20. The van der Waals surface area contributed by atoms with Crippen molar-refractivity contribution < 1.29 is 9.90 Å². The molecule has 8 heteroatoms. The Morgan fingerprint density at radius 1 is 1.15 bits per heavy atom. The van der Waals surface area contributed by atoms with E-state index in [4.69, 9.17) is 11.6 Å². The quantitative estimate of drug-likeness (QED) is 0.417. The molecule has 0 radical (unpaired) electrons. The topological polar surface area (TPSA) is 93.3 Å². The zero-order valence-electron chi connectivity index (χ0n) is 19.3. The van der Waals surface area contributed by atoms with Gasteiger partial charge in [0.1, 0.15) is 16.6 Å². The van der Waals surface area contributed by atoms with Crippen LogP contribution in [0.25, 0.3) is 0 Å². The van der Waals surface area contributed by atoms with Gasteiger partial charge in [-0.25, -0.2) is 4.79 Å². The summed E-state index contributed by atoms with van der Waals surface area (Å²) in [4.78, 5) is 37.7. The van der Waals surface area contributed by atoms with Crippen molar-refractivity contribution in [2.45, 2.75) is 39.2 Å². The van der Waals surface area contributed by atoms with Gasteiger partial charge >= 0.3 is 5.69 Å². The van der Waals surface area contributed by atoms with Crippen molar-refractivity contribution in [3.8, 4) is 17.6 Å². The second kappa shape index (κ2) is 10.9. The first-order valence-electron chi connectivity index (χ1n) is 10.8. The van der Waals surface area contributed by atoms with E-state index in [2.05, 4.69) is 31.0 Å². The summed E-state index contributed by atoms with van der Waals surface area (Å²) >= 11 is 6.33. The van der Waals surface area contributed by atoms with Crippen LogP contribution >= 0.6 is 11.6 Å². The van der Waals surface area contributed by atoms with Gasteiger partial charge in [0.05, 0.1) is 6.54 Å². The Balaban J connectivity index is 1.76. The largest absolute Gasteiger partial charge is 0.508 e. The second-order valence-corrected chi connectivity index (χ2v) is 8.55. The lowest BCUT2D eigenvalue weighted by molar-refractivity contribution is -0.116. The number of phenolic OH excluding ortho intramolecular Hbond substituents is 1. The number of aromatic hydroxyl groups is 1. The Morgan fingerprint density at radius 2 is 1.85 bits per heavy atom. The zero-order valence-corrected chi connectivity index (χ0v) is 20.0. The molecule has 0 aliphatic carbocycles. The number of nitrogens with zero attached hydrogens (tertiary/aromatic N) is 2. The van der Waals surface area contributed by atoms with Gasteiger partial charge in [-0.3, -0.25) is 18.7 Å². The molecule has 0 spiro atoms. The zero-order chi connectivity index (χ0) is 24.8. The number of aryl methyl sites for hydroxylation is 1.